The van der Waals surface area contributed by atoms with Crippen molar-refractivity contribution >= 4 is 6.08 Å². The number of likely N-dealkylation sites (N-methyl/N-ethyl adjacent to an activating group) is 1. The van der Waals surface area contributed by atoms with Crippen LogP contribution in [0.15, 0.2) is 23.8 Å². The summed E-state index contributed by atoms with van der Waals surface area (Å²) in [6.45, 7) is 3.05. The van der Waals surface area contributed by atoms with E-state index < -0.39 is 0 Å². The fourth-order valence-electron chi connectivity index (χ4n) is 1.65. The smallest absolute Gasteiger partial charge is 0.123 e. The van der Waals surface area contributed by atoms with Gasteiger partial charge >= 0.3 is 0 Å². The summed E-state index contributed by atoms with van der Waals surface area (Å²) in [7, 11) is 5.28. The lowest BCUT2D eigenvalue weighted by Gasteiger charge is -2.08. The second kappa shape index (κ2) is 6.97. The summed E-state index contributed by atoms with van der Waals surface area (Å²) in [6, 6.07) is 5.89. The first-order valence-electron chi connectivity index (χ1n) is 5.80. The molecule has 3 heteroatoms. The lowest BCUT2D eigenvalue weighted by atomic mass is 10.1. The molecule has 0 unspecified atom stereocenters. The van der Waals surface area contributed by atoms with Crippen LogP contribution in [-0.4, -0.2) is 27.8 Å². The molecule has 0 heterocycles. The number of nitrogens with one attached hydrogen (secondary N) is 1. The van der Waals surface area contributed by atoms with Crippen LogP contribution in [0.5, 0.6) is 11.5 Å². The highest BCUT2D eigenvalue weighted by molar-refractivity contribution is 5.58. The molecular weight excluding hydrogens is 214 g/mol. The molecule has 0 aliphatic heterocycles. The van der Waals surface area contributed by atoms with Gasteiger partial charge in [-0.25, -0.2) is 0 Å². The van der Waals surface area contributed by atoms with Crippen molar-refractivity contribution < 1.29 is 9.47 Å². The summed E-state index contributed by atoms with van der Waals surface area (Å²) in [5, 5.41) is 3.17. The predicted octanol–water partition coefficient (Wildman–Crippen LogP) is 2.72. The van der Waals surface area contributed by atoms with Gasteiger partial charge in [-0.2, -0.15) is 0 Å². The van der Waals surface area contributed by atoms with Crippen molar-refractivity contribution in [2.45, 2.75) is 13.3 Å². The highest BCUT2D eigenvalue weighted by Crippen LogP contribution is 2.24. The maximum absolute atomic E-state index is 5.25. The molecule has 0 spiro atoms. The minimum atomic E-state index is 0.815. The molecule has 0 saturated carbocycles. The SMILES string of the molecule is CCC(=Cc1cc(OC)cc(OC)c1)CNC. The normalized spacial score (nSPS) is 11.4. The van der Waals surface area contributed by atoms with Gasteiger partial charge in [0, 0.05) is 12.6 Å². The molecule has 3 nitrogen and oxygen atoms in total. The van der Waals surface area contributed by atoms with Crippen LogP contribution in [-0.2, 0) is 0 Å². The van der Waals surface area contributed by atoms with E-state index in [4.69, 9.17) is 9.47 Å². The summed E-state index contributed by atoms with van der Waals surface area (Å²) < 4.78 is 10.5. The van der Waals surface area contributed by atoms with E-state index in [1.165, 1.54) is 5.57 Å². The lowest BCUT2D eigenvalue weighted by molar-refractivity contribution is 0.394. The molecule has 0 aliphatic carbocycles. The molecule has 1 N–H and O–H groups in total. The molecule has 17 heavy (non-hydrogen) atoms. The number of ether oxygens (including phenoxy) is 2. The van der Waals surface area contributed by atoms with Crippen LogP contribution in [0.2, 0.25) is 0 Å². The largest absolute Gasteiger partial charge is 0.497 e. The van der Waals surface area contributed by atoms with Gasteiger partial charge in [-0.15, -0.1) is 0 Å². The van der Waals surface area contributed by atoms with Gasteiger partial charge in [0.25, 0.3) is 0 Å². The first-order chi connectivity index (χ1) is 8.23. The third-order valence-corrected chi connectivity index (χ3v) is 2.60. The Kier molecular flexibility index (Phi) is 5.57. The Hall–Kier alpha value is -1.48. The number of hydrogen-bond acceptors (Lipinski definition) is 3. The zero-order valence-corrected chi connectivity index (χ0v) is 11.0. The molecule has 1 rings (SSSR count). The molecule has 0 fully saturated rings. The summed E-state index contributed by atoms with van der Waals surface area (Å²) in [5.41, 5.74) is 2.45. The van der Waals surface area contributed by atoms with Gasteiger partial charge in [0.2, 0.25) is 0 Å². The van der Waals surface area contributed by atoms with Crippen molar-refractivity contribution in [3.8, 4) is 11.5 Å². The van der Waals surface area contributed by atoms with E-state index in [0.717, 1.165) is 30.0 Å². The van der Waals surface area contributed by atoms with Crippen molar-refractivity contribution in [2.24, 2.45) is 0 Å². The molecular formula is C14H21NO2. The lowest BCUT2D eigenvalue weighted by Crippen LogP contribution is -2.09. The third kappa shape index (κ3) is 4.11. The van der Waals surface area contributed by atoms with Crippen LogP contribution in [0.1, 0.15) is 18.9 Å². The van der Waals surface area contributed by atoms with Crippen molar-refractivity contribution in [1.82, 2.24) is 5.32 Å². The zero-order chi connectivity index (χ0) is 12.7. The van der Waals surface area contributed by atoms with Gasteiger partial charge in [0.1, 0.15) is 11.5 Å². The van der Waals surface area contributed by atoms with E-state index in [2.05, 4.69) is 18.3 Å². The van der Waals surface area contributed by atoms with E-state index >= 15 is 0 Å². The van der Waals surface area contributed by atoms with Crippen LogP contribution in [0.4, 0.5) is 0 Å². The minimum absolute atomic E-state index is 0.815. The van der Waals surface area contributed by atoms with E-state index in [1.54, 1.807) is 14.2 Å². The minimum Gasteiger partial charge on any atom is -0.497 e. The van der Waals surface area contributed by atoms with Gasteiger partial charge in [-0.1, -0.05) is 18.6 Å². The van der Waals surface area contributed by atoms with Crippen LogP contribution in [0.25, 0.3) is 6.08 Å². The highest BCUT2D eigenvalue weighted by Gasteiger charge is 2.01. The summed E-state index contributed by atoms with van der Waals surface area (Å²) in [4.78, 5) is 0. The Balaban J connectivity index is 3.03. The Bertz CT molecular complexity index is 364. The van der Waals surface area contributed by atoms with Crippen molar-refractivity contribution in [1.29, 1.82) is 0 Å². The molecule has 0 aliphatic rings. The standard InChI is InChI=1S/C14H21NO2/c1-5-11(10-15-2)6-12-7-13(16-3)9-14(8-12)17-4/h6-9,15H,5,10H2,1-4H3. The van der Waals surface area contributed by atoms with Gasteiger partial charge in [0.15, 0.2) is 0 Å². The van der Waals surface area contributed by atoms with Gasteiger partial charge < -0.3 is 14.8 Å². The van der Waals surface area contributed by atoms with Gasteiger partial charge in [-0.05, 0) is 31.2 Å². The molecule has 0 bridgehead atoms. The Morgan fingerprint density at radius 1 is 1.18 bits per heavy atom. The van der Waals surface area contributed by atoms with Crippen molar-refractivity contribution in [2.75, 3.05) is 27.8 Å². The number of benzene rings is 1. The average Bonchev–Trinajstić information content (AvgIpc) is 2.37. The van der Waals surface area contributed by atoms with E-state index in [-0.39, 0.29) is 0 Å². The first-order valence-corrected chi connectivity index (χ1v) is 5.80. The fraction of sp³-hybridized carbons (Fsp3) is 0.429. The van der Waals surface area contributed by atoms with Crippen LogP contribution in [0.3, 0.4) is 0 Å². The van der Waals surface area contributed by atoms with Crippen molar-refractivity contribution in [3.05, 3.63) is 29.3 Å². The third-order valence-electron chi connectivity index (χ3n) is 2.60. The quantitative estimate of drug-likeness (QED) is 0.822. The molecule has 1 aromatic carbocycles. The maximum Gasteiger partial charge on any atom is 0.123 e. The molecule has 0 aromatic heterocycles. The molecule has 0 amide bonds. The van der Waals surface area contributed by atoms with E-state index in [9.17, 15) is 0 Å². The van der Waals surface area contributed by atoms with Crippen LogP contribution < -0.4 is 14.8 Å². The van der Waals surface area contributed by atoms with Gasteiger partial charge in [0.05, 0.1) is 14.2 Å². The molecule has 0 atom stereocenters. The molecule has 0 saturated heterocycles. The molecule has 0 radical (unpaired) electrons. The zero-order valence-electron chi connectivity index (χ0n) is 11.0. The van der Waals surface area contributed by atoms with Crippen molar-refractivity contribution in [3.63, 3.8) is 0 Å². The monoisotopic (exact) mass is 235 g/mol. The predicted molar refractivity (Wildman–Crippen MR) is 71.7 cm³/mol. The summed E-state index contributed by atoms with van der Waals surface area (Å²) in [5.74, 6) is 1.63. The Morgan fingerprint density at radius 3 is 2.18 bits per heavy atom. The summed E-state index contributed by atoms with van der Waals surface area (Å²) in [6.07, 6.45) is 3.20. The second-order valence-corrected chi connectivity index (χ2v) is 3.83. The Morgan fingerprint density at radius 2 is 1.76 bits per heavy atom. The topological polar surface area (TPSA) is 30.5 Å². The number of methoxy groups -OCH3 is 2. The van der Waals surface area contributed by atoms with E-state index in [1.807, 2.05) is 25.2 Å². The fourth-order valence-corrected chi connectivity index (χ4v) is 1.65. The van der Waals surface area contributed by atoms with Gasteiger partial charge in [-0.3, -0.25) is 0 Å². The first kappa shape index (κ1) is 13.6. The average molecular weight is 235 g/mol. The summed E-state index contributed by atoms with van der Waals surface area (Å²) >= 11 is 0. The highest BCUT2D eigenvalue weighted by atomic mass is 16.5. The Labute approximate surface area is 103 Å². The maximum atomic E-state index is 5.25. The second-order valence-electron chi connectivity index (χ2n) is 3.83. The molecule has 94 valence electrons. The van der Waals surface area contributed by atoms with Crippen LogP contribution >= 0.6 is 0 Å². The molecule has 1 aromatic rings. The van der Waals surface area contributed by atoms with Crippen LogP contribution in [0, 0.1) is 0 Å². The number of rotatable bonds is 6. The number of hydrogen-bond donors (Lipinski definition) is 1. The van der Waals surface area contributed by atoms with E-state index in [0.29, 0.717) is 0 Å².